The molecule has 1 fully saturated rings. The summed E-state index contributed by atoms with van der Waals surface area (Å²) in [7, 11) is -3.83. The molecule has 1 aromatic heterocycles. The lowest BCUT2D eigenvalue weighted by Gasteiger charge is -2.15. The van der Waals surface area contributed by atoms with Crippen molar-refractivity contribution in [3.8, 4) is 0 Å². The van der Waals surface area contributed by atoms with Gasteiger partial charge in [0.2, 0.25) is 0 Å². The molecule has 0 saturated carbocycles. The van der Waals surface area contributed by atoms with Gasteiger partial charge in [0.1, 0.15) is 5.58 Å². The van der Waals surface area contributed by atoms with Crippen molar-refractivity contribution in [1.82, 2.24) is 4.90 Å². The summed E-state index contributed by atoms with van der Waals surface area (Å²) in [5.74, 6) is -0.0390. The van der Waals surface area contributed by atoms with Gasteiger partial charge in [0.15, 0.2) is 0 Å². The third-order valence-corrected chi connectivity index (χ3v) is 6.06. The van der Waals surface area contributed by atoms with Gasteiger partial charge in [-0.25, -0.2) is 13.2 Å². The quantitative estimate of drug-likeness (QED) is 0.682. The maximum atomic E-state index is 12.7. The molecule has 1 N–H and O–H groups in total. The highest BCUT2D eigenvalue weighted by atomic mass is 32.2. The fourth-order valence-corrected chi connectivity index (χ4v) is 4.31. The van der Waals surface area contributed by atoms with E-state index in [2.05, 4.69) is 4.72 Å². The van der Waals surface area contributed by atoms with E-state index in [-0.39, 0.29) is 10.8 Å². The summed E-state index contributed by atoms with van der Waals surface area (Å²) >= 11 is 0. The van der Waals surface area contributed by atoms with Crippen molar-refractivity contribution in [2.45, 2.75) is 17.7 Å². The maximum absolute atomic E-state index is 12.7. The molecule has 8 heteroatoms. The van der Waals surface area contributed by atoms with E-state index in [9.17, 15) is 18.0 Å². The first-order valence-corrected chi connectivity index (χ1v) is 10.4. The van der Waals surface area contributed by atoms with Gasteiger partial charge in [-0.05, 0) is 61.4 Å². The molecule has 0 atom stereocenters. The van der Waals surface area contributed by atoms with Crippen LogP contribution in [0.15, 0.2) is 68.7 Å². The molecule has 0 aliphatic carbocycles. The van der Waals surface area contributed by atoms with Gasteiger partial charge in [0.05, 0.1) is 4.90 Å². The van der Waals surface area contributed by atoms with Crippen molar-refractivity contribution in [1.29, 1.82) is 0 Å². The molecule has 1 aliphatic heterocycles. The Labute approximate surface area is 161 Å². The third kappa shape index (κ3) is 3.63. The predicted octanol–water partition coefficient (Wildman–Crippen LogP) is 2.83. The van der Waals surface area contributed by atoms with E-state index < -0.39 is 15.6 Å². The highest BCUT2D eigenvalue weighted by molar-refractivity contribution is 7.92. The van der Waals surface area contributed by atoms with Crippen molar-refractivity contribution >= 4 is 32.6 Å². The summed E-state index contributed by atoms with van der Waals surface area (Å²) in [5, 5.41) is 0.508. The maximum Gasteiger partial charge on any atom is 0.336 e. The Morgan fingerprint density at radius 1 is 0.964 bits per heavy atom. The molecule has 1 aliphatic rings. The van der Waals surface area contributed by atoms with Crippen LogP contribution in [0, 0.1) is 0 Å². The molecule has 7 nitrogen and oxygen atoms in total. The van der Waals surface area contributed by atoms with Gasteiger partial charge >= 0.3 is 5.63 Å². The average molecular weight is 398 g/mol. The Kier molecular flexibility index (Phi) is 4.64. The van der Waals surface area contributed by atoms with Crippen LogP contribution < -0.4 is 10.3 Å². The first kappa shape index (κ1) is 18.2. The molecule has 3 aromatic rings. The number of benzene rings is 2. The zero-order chi connectivity index (χ0) is 19.7. The molecule has 0 bridgehead atoms. The van der Waals surface area contributed by atoms with E-state index in [1.54, 1.807) is 29.2 Å². The normalized spacial score (nSPS) is 14.4. The number of fused-ring (bicyclic) bond motifs is 1. The minimum Gasteiger partial charge on any atom is -0.423 e. The monoisotopic (exact) mass is 398 g/mol. The minimum atomic E-state index is -3.83. The Morgan fingerprint density at radius 3 is 2.39 bits per heavy atom. The number of sulfonamides is 1. The van der Waals surface area contributed by atoms with Gasteiger partial charge in [0, 0.05) is 35.8 Å². The third-order valence-electron chi connectivity index (χ3n) is 4.68. The second kappa shape index (κ2) is 7.12. The molecule has 0 radical (unpaired) electrons. The Balaban J connectivity index is 1.55. The van der Waals surface area contributed by atoms with E-state index in [1.165, 1.54) is 30.3 Å². The summed E-state index contributed by atoms with van der Waals surface area (Å²) in [6.07, 6.45) is 2.03. The molecular formula is C20H18N2O5S. The zero-order valence-corrected chi connectivity index (χ0v) is 15.7. The summed E-state index contributed by atoms with van der Waals surface area (Å²) in [6.45, 7) is 1.52. The predicted molar refractivity (Wildman–Crippen MR) is 105 cm³/mol. The van der Waals surface area contributed by atoms with Crippen LogP contribution in [0.3, 0.4) is 0 Å². The SMILES string of the molecule is O=C(c1ccc(NS(=O)(=O)c2ccc3oc(=O)ccc3c2)cc1)N1CCCC1. The van der Waals surface area contributed by atoms with Gasteiger partial charge < -0.3 is 9.32 Å². The van der Waals surface area contributed by atoms with E-state index in [4.69, 9.17) is 4.42 Å². The molecule has 0 unspecified atom stereocenters. The number of hydrogen-bond donors (Lipinski definition) is 1. The highest BCUT2D eigenvalue weighted by Gasteiger charge is 2.20. The van der Waals surface area contributed by atoms with Crippen LogP contribution in [0.4, 0.5) is 5.69 Å². The van der Waals surface area contributed by atoms with E-state index in [0.29, 0.717) is 22.2 Å². The molecule has 28 heavy (non-hydrogen) atoms. The zero-order valence-electron chi connectivity index (χ0n) is 14.9. The van der Waals surface area contributed by atoms with E-state index in [1.807, 2.05) is 0 Å². The average Bonchev–Trinajstić information content (AvgIpc) is 3.22. The lowest BCUT2D eigenvalue weighted by molar-refractivity contribution is 0.0793. The number of carbonyl (C=O) groups excluding carboxylic acids is 1. The van der Waals surface area contributed by atoms with Crippen LogP contribution in [0.1, 0.15) is 23.2 Å². The molecule has 144 valence electrons. The van der Waals surface area contributed by atoms with Gasteiger partial charge in [-0.1, -0.05) is 0 Å². The van der Waals surface area contributed by atoms with Crippen LogP contribution in [0.2, 0.25) is 0 Å². The van der Waals surface area contributed by atoms with Crippen LogP contribution in [0.25, 0.3) is 11.0 Å². The molecule has 1 saturated heterocycles. The molecule has 2 heterocycles. The van der Waals surface area contributed by atoms with Crippen molar-refractivity contribution in [3.05, 3.63) is 70.6 Å². The number of amides is 1. The number of nitrogens with zero attached hydrogens (tertiary/aromatic N) is 1. The summed E-state index contributed by atoms with van der Waals surface area (Å²) in [4.78, 5) is 25.5. The van der Waals surface area contributed by atoms with Gasteiger partial charge in [-0.15, -0.1) is 0 Å². The first-order valence-electron chi connectivity index (χ1n) is 8.88. The van der Waals surface area contributed by atoms with E-state index >= 15 is 0 Å². The molecule has 0 spiro atoms. The second-order valence-electron chi connectivity index (χ2n) is 6.64. The lowest BCUT2D eigenvalue weighted by Crippen LogP contribution is -2.27. The van der Waals surface area contributed by atoms with Crippen molar-refractivity contribution < 1.29 is 17.6 Å². The van der Waals surface area contributed by atoms with Gasteiger partial charge in [-0.3, -0.25) is 9.52 Å². The van der Waals surface area contributed by atoms with E-state index in [0.717, 1.165) is 25.9 Å². The van der Waals surface area contributed by atoms with Crippen molar-refractivity contribution in [2.75, 3.05) is 17.8 Å². The topological polar surface area (TPSA) is 96.7 Å². The highest BCUT2D eigenvalue weighted by Crippen LogP contribution is 2.21. The van der Waals surface area contributed by atoms with Crippen LogP contribution >= 0.6 is 0 Å². The number of rotatable bonds is 4. The van der Waals surface area contributed by atoms with Gasteiger partial charge in [-0.2, -0.15) is 0 Å². The van der Waals surface area contributed by atoms with Crippen molar-refractivity contribution in [3.63, 3.8) is 0 Å². The molecule has 1 amide bonds. The van der Waals surface area contributed by atoms with Gasteiger partial charge in [0.25, 0.3) is 15.9 Å². The molecule has 4 rings (SSSR count). The van der Waals surface area contributed by atoms with Crippen LogP contribution in [0.5, 0.6) is 0 Å². The fraction of sp³-hybridized carbons (Fsp3) is 0.200. The smallest absolute Gasteiger partial charge is 0.336 e. The van der Waals surface area contributed by atoms with Crippen LogP contribution in [-0.4, -0.2) is 32.3 Å². The minimum absolute atomic E-state index is 0.0390. The lowest BCUT2D eigenvalue weighted by atomic mass is 10.2. The summed E-state index contributed by atoms with van der Waals surface area (Å²) in [6, 6.07) is 13.4. The second-order valence-corrected chi connectivity index (χ2v) is 8.32. The number of anilines is 1. The number of carbonyl (C=O) groups is 1. The Bertz CT molecular complexity index is 1190. The summed E-state index contributed by atoms with van der Waals surface area (Å²) in [5.41, 5.74) is 0.712. The number of nitrogens with one attached hydrogen (secondary N) is 1. The largest absolute Gasteiger partial charge is 0.423 e. The summed E-state index contributed by atoms with van der Waals surface area (Å²) < 4.78 is 32.8. The fourth-order valence-electron chi connectivity index (χ4n) is 3.21. The molecular weight excluding hydrogens is 380 g/mol. The Morgan fingerprint density at radius 2 is 1.68 bits per heavy atom. The Hall–Kier alpha value is -3.13. The van der Waals surface area contributed by atoms with Crippen molar-refractivity contribution in [2.24, 2.45) is 0 Å². The first-order chi connectivity index (χ1) is 13.4. The number of likely N-dealkylation sites (tertiary alicyclic amines) is 1. The standard InChI is InChI=1S/C20H18N2O5S/c23-19-10-5-15-13-17(8-9-18(15)27-19)28(25,26)21-16-6-3-14(4-7-16)20(24)22-11-1-2-12-22/h3-10,13,21H,1-2,11-12H2. The molecule has 2 aromatic carbocycles. The number of hydrogen-bond acceptors (Lipinski definition) is 5. The van der Waals surface area contributed by atoms with Crippen LogP contribution in [-0.2, 0) is 10.0 Å².